The Labute approximate surface area is 121 Å². The van der Waals surface area contributed by atoms with E-state index < -0.39 is 5.60 Å². The van der Waals surface area contributed by atoms with Gasteiger partial charge in [-0.1, -0.05) is 20.8 Å². The van der Waals surface area contributed by atoms with Crippen LogP contribution in [0.5, 0.6) is 0 Å². The van der Waals surface area contributed by atoms with Gasteiger partial charge in [0.1, 0.15) is 17.5 Å². The van der Waals surface area contributed by atoms with Gasteiger partial charge in [-0.3, -0.25) is 10.1 Å². The molecule has 114 valence electrons. The van der Waals surface area contributed by atoms with E-state index in [2.05, 4.69) is 10.3 Å². The molecule has 1 rings (SSSR count). The van der Waals surface area contributed by atoms with E-state index >= 15 is 0 Å². The molecule has 0 saturated heterocycles. The summed E-state index contributed by atoms with van der Waals surface area (Å²) in [5.41, 5.74) is -0.709. The predicted molar refractivity (Wildman–Crippen MR) is 79.1 cm³/mol. The molecule has 1 aromatic rings. The van der Waals surface area contributed by atoms with Gasteiger partial charge in [0.25, 0.3) is 0 Å². The van der Waals surface area contributed by atoms with E-state index in [1.165, 1.54) is 0 Å². The third-order valence-electron chi connectivity index (χ3n) is 2.89. The second-order valence-electron chi connectivity index (χ2n) is 7.17. The Morgan fingerprint density at radius 3 is 2.35 bits per heavy atom. The number of aromatic nitrogens is 2. The summed E-state index contributed by atoms with van der Waals surface area (Å²) in [5.74, 6) is 0.669. The van der Waals surface area contributed by atoms with Crippen LogP contribution in [0.1, 0.15) is 47.4 Å². The zero-order valence-electron chi connectivity index (χ0n) is 13.7. The summed E-state index contributed by atoms with van der Waals surface area (Å²) in [6.45, 7) is 12.2. The summed E-state index contributed by atoms with van der Waals surface area (Å²) in [6, 6.07) is -0.376. The number of nitrogens with zero attached hydrogens (tertiary/aromatic N) is 2. The molecule has 0 saturated carbocycles. The summed E-state index contributed by atoms with van der Waals surface area (Å²) in [5, 5.41) is 3.27. The Hall–Kier alpha value is -1.36. The van der Waals surface area contributed by atoms with Gasteiger partial charge in [-0.2, -0.15) is 0 Å². The molecule has 0 fully saturated rings. The maximum Gasteiger partial charge on any atom is 0.324 e. The summed E-state index contributed by atoms with van der Waals surface area (Å²) < 4.78 is 7.43. The average Bonchev–Trinajstić information content (AvgIpc) is 2.59. The van der Waals surface area contributed by atoms with Gasteiger partial charge < -0.3 is 9.30 Å². The quantitative estimate of drug-likeness (QED) is 0.860. The molecule has 0 aliphatic carbocycles. The molecule has 0 aliphatic heterocycles. The molecule has 0 aromatic carbocycles. The lowest BCUT2D eigenvalue weighted by atomic mass is 9.86. The maximum absolute atomic E-state index is 12.3. The Balaban J connectivity index is 2.76. The van der Waals surface area contributed by atoms with Crippen molar-refractivity contribution in [3.05, 3.63) is 18.2 Å². The van der Waals surface area contributed by atoms with E-state index in [4.69, 9.17) is 4.74 Å². The van der Waals surface area contributed by atoms with E-state index in [-0.39, 0.29) is 17.4 Å². The lowest BCUT2D eigenvalue weighted by Gasteiger charge is -2.32. The standard InChI is InChI=1S/C15H27N3O2/c1-14(2,3)12(13(19)20-15(4,5)6)17-10-11-16-8-9-18(11)7/h8-9,12,17H,10H2,1-7H3/t12-/m1/s1. The maximum atomic E-state index is 12.3. The van der Waals surface area contributed by atoms with Gasteiger partial charge in [0, 0.05) is 19.4 Å². The van der Waals surface area contributed by atoms with Crippen LogP contribution in [0.15, 0.2) is 12.4 Å². The number of hydrogen-bond acceptors (Lipinski definition) is 4. The van der Waals surface area contributed by atoms with Crippen molar-refractivity contribution in [1.82, 2.24) is 14.9 Å². The van der Waals surface area contributed by atoms with Gasteiger partial charge in [0.15, 0.2) is 0 Å². The molecular weight excluding hydrogens is 254 g/mol. The van der Waals surface area contributed by atoms with Crippen LogP contribution in [0.2, 0.25) is 0 Å². The molecule has 5 nitrogen and oxygen atoms in total. The van der Waals surface area contributed by atoms with Crippen molar-refractivity contribution < 1.29 is 9.53 Å². The zero-order chi connectivity index (χ0) is 15.6. The molecule has 0 bridgehead atoms. The lowest BCUT2D eigenvalue weighted by Crippen LogP contribution is -2.49. The zero-order valence-corrected chi connectivity index (χ0v) is 13.7. The number of carbonyl (C=O) groups is 1. The van der Waals surface area contributed by atoms with E-state index in [1.54, 1.807) is 6.20 Å². The van der Waals surface area contributed by atoms with Crippen molar-refractivity contribution in [3.8, 4) is 0 Å². The smallest absolute Gasteiger partial charge is 0.324 e. The topological polar surface area (TPSA) is 56.2 Å². The van der Waals surface area contributed by atoms with Crippen molar-refractivity contribution >= 4 is 5.97 Å². The lowest BCUT2D eigenvalue weighted by molar-refractivity contribution is -0.160. The molecule has 0 radical (unpaired) electrons. The number of nitrogens with one attached hydrogen (secondary N) is 1. The molecule has 5 heteroatoms. The molecule has 0 unspecified atom stereocenters. The fraction of sp³-hybridized carbons (Fsp3) is 0.733. The molecule has 1 atom stereocenters. The van der Waals surface area contributed by atoms with Gasteiger partial charge in [0.05, 0.1) is 6.54 Å². The number of rotatable bonds is 4. The number of hydrogen-bond donors (Lipinski definition) is 1. The Morgan fingerprint density at radius 2 is 1.95 bits per heavy atom. The van der Waals surface area contributed by atoms with Crippen LogP contribution in [0.25, 0.3) is 0 Å². The van der Waals surface area contributed by atoms with Crippen molar-refractivity contribution in [3.63, 3.8) is 0 Å². The molecule has 1 N–H and O–H groups in total. The number of esters is 1. The van der Waals surface area contributed by atoms with E-state index in [0.717, 1.165) is 5.82 Å². The largest absolute Gasteiger partial charge is 0.459 e. The minimum atomic E-state index is -0.481. The van der Waals surface area contributed by atoms with Gasteiger partial charge >= 0.3 is 5.97 Å². The van der Waals surface area contributed by atoms with Crippen LogP contribution in [-0.2, 0) is 23.1 Å². The van der Waals surface area contributed by atoms with E-state index in [1.807, 2.05) is 59.4 Å². The second-order valence-corrected chi connectivity index (χ2v) is 7.17. The van der Waals surface area contributed by atoms with Crippen molar-refractivity contribution in [2.24, 2.45) is 12.5 Å². The first-order valence-electron chi connectivity index (χ1n) is 6.93. The summed E-state index contributed by atoms with van der Waals surface area (Å²) in [4.78, 5) is 16.6. The number of ether oxygens (including phenoxy) is 1. The fourth-order valence-corrected chi connectivity index (χ4v) is 1.86. The summed E-state index contributed by atoms with van der Waals surface area (Å²) in [6.07, 6.45) is 3.63. The Bertz CT molecular complexity index is 452. The highest BCUT2D eigenvalue weighted by Crippen LogP contribution is 2.22. The highest BCUT2D eigenvalue weighted by atomic mass is 16.6. The van der Waals surface area contributed by atoms with Crippen LogP contribution in [0.3, 0.4) is 0 Å². The summed E-state index contributed by atoms with van der Waals surface area (Å²) >= 11 is 0. The minimum Gasteiger partial charge on any atom is -0.459 e. The van der Waals surface area contributed by atoms with E-state index in [0.29, 0.717) is 6.54 Å². The van der Waals surface area contributed by atoms with Gasteiger partial charge in [-0.15, -0.1) is 0 Å². The number of aryl methyl sites for hydroxylation is 1. The highest BCUT2D eigenvalue weighted by Gasteiger charge is 2.34. The Morgan fingerprint density at radius 1 is 1.35 bits per heavy atom. The van der Waals surface area contributed by atoms with E-state index in [9.17, 15) is 4.79 Å². The third kappa shape index (κ3) is 4.96. The molecule has 0 amide bonds. The van der Waals surface area contributed by atoms with Crippen LogP contribution < -0.4 is 5.32 Å². The first-order chi connectivity index (χ1) is 9.00. The molecule has 0 spiro atoms. The first-order valence-corrected chi connectivity index (χ1v) is 6.93. The summed E-state index contributed by atoms with van der Waals surface area (Å²) in [7, 11) is 1.93. The van der Waals surface area contributed by atoms with Crippen LogP contribution in [0, 0.1) is 5.41 Å². The highest BCUT2D eigenvalue weighted by molar-refractivity contribution is 5.77. The first kappa shape index (κ1) is 16.7. The molecule has 1 aromatic heterocycles. The van der Waals surface area contributed by atoms with Crippen molar-refractivity contribution in [1.29, 1.82) is 0 Å². The molecule has 1 heterocycles. The molecular formula is C15H27N3O2. The van der Waals surface area contributed by atoms with Crippen molar-refractivity contribution in [2.45, 2.75) is 59.7 Å². The van der Waals surface area contributed by atoms with Crippen LogP contribution >= 0.6 is 0 Å². The van der Waals surface area contributed by atoms with Gasteiger partial charge in [0.2, 0.25) is 0 Å². The Kier molecular flexibility index (Phi) is 4.97. The predicted octanol–water partition coefficient (Wildman–Crippen LogP) is 2.27. The fourth-order valence-electron chi connectivity index (χ4n) is 1.86. The minimum absolute atomic E-state index is 0.223. The molecule has 20 heavy (non-hydrogen) atoms. The number of carbonyl (C=O) groups excluding carboxylic acids is 1. The second kappa shape index (κ2) is 5.95. The SMILES string of the molecule is Cn1ccnc1CN[C@H](C(=O)OC(C)(C)C)C(C)(C)C. The number of imidazole rings is 1. The van der Waals surface area contributed by atoms with Gasteiger partial charge in [-0.25, -0.2) is 4.98 Å². The normalized spacial score (nSPS) is 14.2. The van der Waals surface area contributed by atoms with Crippen molar-refractivity contribution in [2.75, 3.05) is 0 Å². The van der Waals surface area contributed by atoms with Crippen LogP contribution in [-0.4, -0.2) is 27.2 Å². The van der Waals surface area contributed by atoms with Crippen LogP contribution in [0.4, 0.5) is 0 Å². The third-order valence-corrected chi connectivity index (χ3v) is 2.89. The average molecular weight is 281 g/mol. The van der Waals surface area contributed by atoms with Gasteiger partial charge in [-0.05, 0) is 26.2 Å². The monoisotopic (exact) mass is 281 g/mol. The molecule has 0 aliphatic rings.